The third-order valence-electron chi connectivity index (χ3n) is 8.55. The van der Waals surface area contributed by atoms with Crippen molar-refractivity contribution in [2.75, 3.05) is 52.2 Å². The fraction of sp³-hybridized carbons (Fsp3) is 0.314. The summed E-state index contributed by atoms with van der Waals surface area (Å²) in [4.78, 5) is 19.1. The summed E-state index contributed by atoms with van der Waals surface area (Å²) in [6.45, 7) is 0. The number of allylic oxidation sites excluding steroid dienone is 1. The molecule has 2 heterocycles. The van der Waals surface area contributed by atoms with Gasteiger partial charge in [-0.1, -0.05) is 35.9 Å². The van der Waals surface area contributed by atoms with E-state index in [0.717, 1.165) is 57.6 Å². The van der Waals surface area contributed by atoms with E-state index >= 15 is 0 Å². The fourth-order valence-electron chi connectivity index (χ4n) is 6.22. The number of ether oxygens (including phenoxy) is 2. The molecule has 1 saturated carbocycles. The molecule has 2 unspecified atom stereocenters. The zero-order chi connectivity index (χ0) is 31.1. The van der Waals surface area contributed by atoms with Crippen LogP contribution in [0.2, 0.25) is 5.02 Å². The molecule has 2 atom stereocenters. The Morgan fingerprint density at radius 1 is 0.955 bits per heavy atom. The lowest BCUT2D eigenvalue weighted by molar-refractivity contribution is 0.0686. The first-order chi connectivity index (χ1) is 21.2. The van der Waals surface area contributed by atoms with Crippen LogP contribution in [0.4, 0.5) is 11.4 Å². The minimum atomic E-state index is -0.244. The van der Waals surface area contributed by atoms with E-state index in [1.54, 1.807) is 19.2 Å². The highest BCUT2D eigenvalue weighted by Gasteiger charge is 2.44. The Morgan fingerprint density at radius 2 is 1.61 bits per heavy atom. The average molecular weight is 629 g/mol. The molecule has 1 aliphatic heterocycles. The third-order valence-corrected chi connectivity index (χ3v) is 10.2. The van der Waals surface area contributed by atoms with Crippen molar-refractivity contribution in [2.24, 2.45) is 11.0 Å². The van der Waals surface area contributed by atoms with Crippen LogP contribution in [0.25, 0.3) is 16.2 Å². The molecule has 0 bridgehead atoms. The van der Waals surface area contributed by atoms with Gasteiger partial charge in [-0.15, -0.1) is 11.3 Å². The van der Waals surface area contributed by atoms with E-state index in [2.05, 4.69) is 64.4 Å². The molecule has 1 aliphatic carbocycles. The lowest BCUT2D eigenvalue weighted by atomic mass is 9.77. The first kappa shape index (κ1) is 30.0. The van der Waals surface area contributed by atoms with Crippen LogP contribution in [0.5, 0.6) is 11.5 Å². The number of rotatable bonds is 7. The van der Waals surface area contributed by atoms with Crippen molar-refractivity contribution in [3.63, 3.8) is 0 Å². The van der Waals surface area contributed by atoms with Gasteiger partial charge in [0.25, 0.3) is 5.91 Å². The van der Waals surface area contributed by atoms with Gasteiger partial charge < -0.3 is 19.3 Å². The third kappa shape index (κ3) is 5.30. The molecule has 4 aromatic rings. The lowest BCUT2D eigenvalue weighted by Gasteiger charge is -2.30. The molecule has 1 aromatic heterocycles. The topological polar surface area (TPSA) is 57.6 Å². The molecule has 2 aliphatic rings. The van der Waals surface area contributed by atoms with Crippen LogP contribution >= 0.6 is 22.9 Å². The van der Waals surface area contributed by atoms with Gasteiger partial charge in [-0.05, 0) is 78.4 Å². The second-order valence-corrected chi connectivity index (χ2v) is 13.0. The first-order valence-corrected chi connectivity index (χ1v) is 15.9. The SMILES string of the molecule is COc1ccc2c(Cl)c(C(=O)N3N=C4/C(=C/c5ccc(N(C)C)cc5)CCCC4C3c3ccc(N(C)C)cc3)sc2c1OC. The van der Waals surface area contributed by atoms with Gasteiger partial charge in [-0.2, -0.15) is 5.10 Å². The molecule has 228 valence electrons. The van der Waals surface area contributed by atoms with Gasteiger partial charge in [0, 0.05) is 50.9 Å². The monoisotopic (exact) mass is 628 g/mol. The number of anilines is 2. The maximum atomic E-state index is 14.5. The summed E-state index contributed by atoms with van der Waals surface area (Å²) >= 11 is 8.25. The standard InChI is InChI=1S/C35H37ClN4O3S/c1-38(2)24-14-10-21(11-15-24)20-23-8-7-9-27-30(23)37-40(31(27)22-12-16-25(17-13-22)39(3)4)35(41)34-29(36)26-18-19-28(42-5)32(43-6)33(26)44-34/h10-20,27,31H,7-9H2,1-6H3/b23-20+. The van der Waals surface area contributed by atoms with Crippen molar-refractivity contribution in [3.05, 3.63) is 87.3 Å². The van der Waals surface area contributed by atoms with Crippen LogP contribution in [0, 0.1) is 5.92 Å². The molecule has 0 N–H and O–H groups in total. The maximum Gasteiger partial charge on any atom is 0.286 e. The maximum absolute atomic E-state index is 14.5. The molecular weight excluding hydrogens is 592 g/mol. The van der Waals surface area contributed by atoms with Crippen molar-refractivity contribution in [1.82, 2.24) is 5.01 Å². The molecule has 44 heavy (non-hydrogen) atoms. The van der Waals surface area contributed by atoms with E-state index in [-0.39, 0.29) is 17.9 Å². The molecular formula is C35H37ClN4O3S. The minimum absolute atomic E-state index is 0.0768. The quantitative estimate of drug-likeness (QED) is 0.207. The Balaban J connectivity index is 1.45. The summed E-state index contributed by atoms with van der Waals surface area (Å²) < 4.78 is 12.0. The Hall–Kier alpha value is -4.01. The largest absolute Gasteiger partial charge is 0.493 e. The summed E-state index contributed by atoms with van der Waals surface area (Å²) in [6.07, 6.45) is 5.12. The Labute approximate surface area is 267 Å². The van der Waals surface area contributed by atoms with Crippen LogP contribution in [0.1, 0.15) is 46.1 Å². The summed E-state index contributed by atoms with van der Waals surface area (Å²) in [6, 6.07) is 20.4. The van der Waals surface area contributed by atoms with Gasteiger partial charge in [-0.3, -0.25) is 4.79 Å². The number of carbonyl (C=O) groups is 1. The smallest absolute Gasteiger partial charge is 0.286 e. The van der Waals surface area contributed by atoms with Crippen molar-refractivity contribution < 1.29 is 14.3 Å². The van der Waals surface area contributed by atoms with Gasteiger partial charge in [0.15, 0.2) is 11.5 Å². The van der Waals surface area contributed by atoms with Gasteiger partial charge in [-0.25, -0.2) is 5.01 Å². The van der Waals surface area contributed by atoms with E-state index in [1.807, 2.05) is 40.3 Å². The van der Waals surface area contributed by atoms with E-state index in [4.69, 9.17) is 26.2 Å². The number of carbonyl (C=O) groups excluding carboxylic acids is 1. The number of hydrogen-bond acceptors (Lipinski definition) is 7. The fourth-order valence-corrected chi connectivity index (χ4v) is 7.78. The lowest BCUT2D eigenvalue weighted by Crippen LogP contribution is -2.31. The van der Waals surface area contributed by atoms with E-state index in [0.29, 0.717) is 21.4 Å². The highest BCUT2D eigenvalue weighted by Crippen LogP contribution is 2.49. The van der Waals surface area contributed by atoms with Crippen LogP contribution in [0.15, 0.2) is 71.3 Å². The number of benzene rings is 3. The van der Waals surface area contributed by atoms with E-state index in [9.17, 15) is 4.79 Å². The van der Waals surface area contributed by atoms with Gasteiger partial charge in [0.1, 0.15) is 4.88 Å². The molecule has 3 aromatic carbocycles. The van der Waals surface area contributed by atoms with Gasteiger partial charge >= 0.3 is 0 Å². The predicted molar refractivity (Wildman–Crippen MR) is 183 cm³/mol. The first-order valence-electron chi connectivity index (χ1n) is 14.7. The van der Waals surface area contributed by atoms with Crippen LogP contribution in [-0.4, -0.2) is 59.0 Å². The van der Waals surface area contributed by atoms with Crippen molar-refractivity contribution in [1.29, 1.82) is 0 Å². The zero-order valence-corrected chi connectivity index (χ0v) is 27.5. The average Bonchev–Trinajstić information content (AvgIpc) is 3.59. The molecule has 0 saturated heterocycles. The number of fused-ring (bicyclic) bond motifs is 2. The Kier molecular flexibility index (Phi) is 8.31. The van der Waals surface area contributed by atoms with Crippen LogP contribution in [0.3, 0.4) is 0 Å². The van der Waals surface area contributed by atoms with E-state index in [1.165, 1.54) is 16.9 Å². The molecule has 1 amide bonds. The summed E-state index contributed by atoms with van der Waals surface area (Å²) in [5, 5.41) is 7.96. The van der Waals surface area contributed by atoms with Crippen molar-refractivity contribution >= 4 is 62.1 Å². The van der Waals surface area contributed by atoms with E-state index < -0.39 is 0 Å². The van der Waals surface area contributed by atoms with Gasteiger partial charge in [0.05, 0.1) is 35.7 Å². The molecule has 0 radical (unpaired) electrons. The number of halogens is 1. The Bertz CT molecular complexity index is 1760. The zero-order valence-electron chi connectivity index (χ0n) is 25.9. The molecule has 6 rings (SSSR count). The summed E-state index contributed by atoms with van der Waals surface area (Å²) in [7, 11) is 11.3. The number of amides is 1. The van der Waals surface area contributed by atoms with Crippen molar-refractivity contribution in [3.8, 4) is 11.5 Å². The van der Waals surface area contributed by atoms with Crippen LogP contribution < -0.4 is 19.3 Å². The van der Waals surface area contributed by atoms with Crippen LogP contribution in [-0.2, 0) is 0 Å². The summed E-state index contributed by atoms with van der Waals surface area (Å²) in [5.74, 6) is 1.03. The van der Waals surface area contributed by atoms with Gasteiger partial charge in [0.2, 0.25) is 0 Å². The summed E-state index contributed by atoms with van der Waals surface area (Å²) in [5.41, 5.74) is 6.60. The molecule has 9 heteroatoms. The second kappa shape index (κ2) is 12.2. The predicted octanol–water partition coefficient (Wildman–Crippen LogP) is 8.14. The molecule has 0 spiro atoms. The second-order valence-electron chi connectivity index (χ2n) is 11.6. The molecule has 1 fully saturated rings. The normalized spacial score (nSPS) is 18.8. The Morgan fingerprint density at radius 3 is 2.23 bits per heavy atom. The number of thiophene rings is 1. The highest BCUT2D eigenvalue weighted by molar-refractivity contribution is 7.22. The highest BCUT2D eigenvalue weighted by atomic mass is 35.5. The number of hydrazone groups is 1. The number of methoxy groups -OCH3 is 2. The number of hydrogen-bond donors (Lipinski definition) is 0. The molecule has 7 nitrogen and oxygen atoms in total. The van der Waals surface area contributed by atoms with Crippen molar-refractivity contribution in [2.45, 2.75) is 25.3 Å². The number of nitrogens with zero attached hydrogens (tertiary/aromatic N) is 4. The minimum Gasteiger partial charge on any atom is -0.493 e.